The number of sulfonamides is 1. The minimum absolute atomic E-state index is 0.0239. The Hall–Kier alpha value is -4.05. The van der Waals surface area contributed by atoms with E-state index in [1.54, 1.807) is 38.1 Å². The van der Waals surface area contributed by atoms with Crippen LogP contribution < -0.4 is 19.1 Å². The number of amides is 2. The van der Waals surface area contributed by atoms with Gasteiger partial charge in [0.1, 0.15) is 24.1 Å². The Balaban J connectivity index is 2.08. The fourth-order valence-electron chi connectivity index (χ4n) is 4.10. The lowest BCUT2D eigenvalue weighted by Crippen LogP contribution is -2.51. The van der Waals surface area contributed by atoms with Crippen LogP contribution in [-0.4, -0.2) is 58.5 Å². The fraction of sp³-hybridized carbons (Fsp3) is 0.310. The van der Waals surface area contributed by atoms with Gasteiger partial charge < -0.3 is 19.7 Å². The number of anilines is 1. The van der Waals surface area contributed by atoms with E-state index >= 15 is 0 Å². The van der Waals surface area contributed by atoms with Crippen molar-refractivity contribution >= 4 is 27.5 Å². The first-order valence-electron chi connectivity index (χ1n) is 12.6. The monoisotopic (exact) mass is 553 g/mol. The number of aryl methyl sites for hydroxylation is 1. The molecule has 0 aromatic heterocycles. The van der Waals surface area contributed by atoms with E-state index < -0.39 is 28.5 Å². The van der Waals surface area contributed by atoms with E-state index in [2.05, 4.69) is 5.32 Å². The molecule has 0 saturated carbocycles. The largest absolute Gasteiger partial charge is 0.497 e. The number of methoxy groups -OCH3 is 2. The fourth-order valence-corrected chi connectivity index (χ4v) is 5.52. The summed E-state index contributed by atoms with van der Waals surface area (Å²) in [6, 6.07) is 19.2. The minimum Gasteiger partial charge on any atom is -0.497 e. The van der Waals surface area contributed by atoms with Crippen molar-refractivity contribution in [1.29, 1.82) is 0 Å². The summed E-state index contributed by atoms with van der Waals surface area (Å²) in [4.78, 5) is 28.2. The molecule has 208 valence electrons. The predicted molar refractivity (Wildman–Crippen MR) is 150 cm³/mol. The van der Waals surface area contributed by atoms with E-state index in [1.807, 2.05) is 31.2 Å². The highest BCUT2D eigenvalue weighted by Crippen LogP contribution is 2.33. The number of carbonyl (C=O) groups is 2. The molecule has 0 saturated heterocycles. The van der Waals surface area contributed by atoms with Crippen LogP contribution in [-0.2, 0) is 26.2 Å². The smallest absolute Gasteiger partial charge is 0.264 e. The number of likely N-dealkylation sites (N-methyl/N-ethyl adjacent to an activating group) is 1. The van der Waals surface area contributed by atoms with E-state index in [9.17, 15) is 18.0 Å². The van der Waals surface area contributed by atoms with Crippen molar-refractivity contribution in [2.24, 2.45) is 0 Å². The summed E-state index contributed by atoms with van der Waals surface area (Å²) in [7, 11) is -1.31. The Morgan fingerprint density at radius 2 is 1.56 bits per heavy atom. The van der Waals surface area contributed by atoms with Gasteiger partial charge in [-0.1, -0.05) is 36.4 Å². The Kier molecular flexibility index (Phi) is 9.95. The number of nitrogens with one attached hydrogen (secondary N) is 1. The van der Waals surface area contributed by atoms with Crippen LogP contribution in [0, 0.1) is 6.92 Å². The van der Waals surface area contributed by atoms with E-state index in [4.69, 9.17) is 9.47 Å². The molecule has 0 heterocycles. The zero-order valence-electron chi connectivity index (χ0n) is 22.9. The van der Waals surface area contributed by atoms with Crippen LogP contribution in [0.4, 0.5) is 5.69 Å². The first-order valence-corrected chi connectivity index (χ1v) is 14.0. The second-order valence-electron chi connectivity index (χ2n) is 8.88. The highest BCUT2D eigenvalue weighted by atomic mass is 32.2. The number of ether oxygens (including phenoxy) is 2. The molecular formula is C29H35N3O6S. The number of benzene rings is 3. The van der Waals surface area contributed by atoms with Crippen molar-refractivity contribution in [2.75, 3.05) is 31.6 Å². The van der Waals surface area contributed by atoms with E-state index in [-0.39, 0.29) is 28.8 Å². The van der Waals surface area contributed by atoms with Gasteiger partial charge in [0.2, 0.25) is 11.8 Å². The molecule has 3 aromatic rings. The Bertz CT molecular complexity index is 1390. The lowest BCUT2D eigenvalue weighted by molar-refractivity contribution is -0.139. The van der Waals surface area contributed by atoms with Crippen molar-refractivity contribution in [3.8, 4) is 11.5 Å². The second-order valence-corrected chi connectivity index (χ2v) is 10.7. The van der Waals surface area contributed by atoms with Crippen molar-refractivity contribution in [1.82, 2.24) is 10.2 Å². The van der Waals surface area contributed by atoms with Crippen LogP contribution in [0.5, 0.6) is 11.5 Å². The standard InChI is InChI=1S/C29H35N3O6S/c1-6-30-29(34)22(3)31(19-23-12-8-7-11-21(23)2)28(33)20-32(26-13-9-10-14-27(26)38-5)39(35,36)25-17-15-24(37-4)16-18-25/h7-18,22H,6,19-20H2,1-5H3,(H,30,34)/t22-/m1/s1. The predicted octanol–water partition coefficient (Wildman–Crippen LogP) is 3.76. The third kappa shape index (κ3) is 6.88. The molecule has 0 aliphatic carbocycles. The molecule has 0 aliphatic heterocycles. The van der Waals surface area contributed by atoms with Crippen LogP contribution in [0.25, 0.3) is 0 Å². The van der Waals surface area contributed by atoms with Gasteiger partial charge in [-0.15, -0.1) is 0 Å². The molecule has 0 bridgehead atoms. The van der Waals surface area contributed by atoms with Gasteiger partial charge in [0, 0.05) is 13.1 Å². The Morgan fingerprint density at radius 3 is 2.18 bits per heavy atom. The molecule has 3 rings (SSSR count). The summed E-state index contributed by atoms with van der Waals surface area (Å²) < 4.78 is 39.5. The molecular weight excluding hydrogens is 518 g/mol. The maximum absolute atomic E-state index is 14.0. The van der Waals surface area contributed by atoms with Gasteiger partial charge in [0.05, 0.1) is 24.8 Å². The van der Waals surface area contributed by atoms with Crippen molar-refractivity contribution in [3.63, 3.8) is 0 Å². The molecule has 0 unspecified atom stereocenters. The summed E-state index contributed by atoms with van der Waals surface area (Å²) in [5.74, 6) is -0.0973. The van der Waals surface area contributed by atoms with Crippen LogP contribution >= 0.6 is 0 Å². The summed E-state index contributed by atoms with van der Waals surface area (Å²) in [6.07, 6.45) is 0. The minimum atomic E-state index is -4.23. The highest BCUT2D eigenvalue weighted by molar-refractivity contribution is 7.92. The molecule has 10 heteroatoms. The van der Waals surface area contributed by atoms with E-state index in [1.165, 1.54) is 43.4 Å². The molecule has 0 radical (unpaired) electrons. The van der Waals surface area contributed by atoms with Crippen molar-refractivity contribution < 1.29 is 27.5 Å². The Morgan fingerprint density at radius 1 is 0.923 bits per heavy atom. The average Bonchev–Trinajstić information content (AvgIpc) is 2.95. The van der Waals surface area contributed by atoms with E-state index in [0.29, 0.717) is 12.3 Å². The van der Waals surface area contributed by atoms with Gasteiger partial charge in [-0.05, 0) is 68.3 Å². The number of para-hydroxylation sites is 2. The summed E-state index contributed by atoms with van der Waals surface area (Å²) >= 11 is 0. The molecule has 9 nitrogen and oxygen atoms in total. The van der Waals surface area contributed by atoms with Gasteiger partial charge in [-0.3, -0.25) is 13.9 Å². The number of nitrogens with zero attached hydrogens (tertiary/aromatic N) is 2. The maximum atomic E-state index is 14.0. The van der Waals surface area contributed by atoms with E-state index in [0.717, 1.165) is 15.4 Å². The second kappa shape index (κ2) is 13.1. The molecule has 0 spiro atoms. The lowest BCUT2D eigenvalue weighted by Gasteiger charge is -2.32. The lowest BCUT2D eigenvalue weighted by atomic mass is 10.1. The number of hydrogen-bond donors (Lipinski definition) is 1. The number of carbonyl (C=O) groups excluding carboxylic acids is 2. The molecule has 0 aliphatic rings. The van der Waals surface area contributed by atoms with Gasteiger partial charge in [0.15, 0.2) is 0 Å². The average molecular weight is 554 g/mol. The topological polar surface area (TPSA) is 105 Å². The zero-order chi connectivity index (χ0) is 28.6. The van der Waals surface area contributed by atoms with Crippen molar-refractivity contribution in [2.45, 2.75) is 38.3 Å². The summed E-state index contributed by atoms with van der Waals surface area (Å²) in [5.41, 5.74) is 2.00. The maximum Gasteiger partial charge on any atom is 0.264 e. The molecule has 1 atom stereocenters. The first kappa shape index (κ1) is 29.5. The molecule has 3 aromatic carbocycles. The van der Waals surface area contributed by atoms with Gasteiger partial charge in [-0.2, -0.15) is 0 Å². The third-order valence-electron chi connectivity index (χ3n) is 6.40. The van der Waals surface area contributed by atoms with Gasteiger partial charge in [-0.25, -0.2) is 8.42 Å². The summed E-state index contributed by atoms with van der Waals surface area (Å²) in [6.45, 7) is 5.32. The molecule has 1 N–H and O–H groups in total. The van der Waals surface area contributed by atoms with Crippen LogP contribution in [0.15, 0.2) is 77.7 Å². The van der Waals surface area contributed by atoms with Crippen LogP contribution in [0.2, 0.25) is 0 Å². The van der Waals surface area contributed by atoms with Crippen LogP contribution in [0.3, 0.4) is 0 Å². The number of rotatable bonds is 12. The third-order valence-corrected chi connectivity index (χ3v) is 8.17. The van der Waals surface area contributed by atoms with Gasteiger partial charge in [0.25, 0.3) is 10.0 Å². The SMILES string of the molecule is CCNC(=O)[C@@H](C)N(Cc1ccccc1C)C(=O)CN(c1ccccc1OC)S(=O)(=O)c1ccc(OC)cc1. The quantitative estimate of drug-likeness (QED) is 0.366. The normalized spacial score (nSPS) is 11.8. The first-order chi connectivity index (χ1) is 18.6. The van der Waals surface area contributed by atoms with Gasteiger partial charge >= 0.3 is 0 Å². The molecule has 39 heavy (non-hydrogen) atoms. The Labute approximate surface area is 230 Å². The van der Waals surface area contributed by atoms with Crippen molar-refractivity contribution in [3.05, 3.63) is 83.9 Å². The molecule has 2 amide bonds. The zero-order valence-corrected chi connectivity index (χ0v) is 23.7. The highest BCUT2D eigenvalue weighted by Gasteiger charge is 2.33. The molecule has 0 fully saturated rings. The van der Waals surface area contributed by atoms with Crippen LogP contribution in [0.1, 0.15) is 25.0 Å². The number of hydrogen-bond acceptors (Lipinski definition) is 6. The summed E-state index contributed by atoms with van der Waals surface area (Å²) in [5, 5.41) is 2.75.